The normalized spacial score (nSPS) is 23.6. The van der Waals surface area contributed by atoms with Crippen LogP contribution < -0.4 is 0 Å². The van der Waals surface area contributed by atoms with E-state index < -0.39 is 0 Å². The van der Waals surface area contributed by atoms with Crippen LogP contribution in [-0.2, 0) is 5.41 Å². The number of para-hydroxylation sites is 2. The van der Waals surface area contributed by atoms with E-state index in [1.54, 1.807) is 5.56 Å². The van der Waals surface area contributed by atoms with Gasteiger partial charge in [-0.15, -0.1) is 0 Å². The zero-order valence-electron chi connectivity index (χ0n) is 30.0. The molecule has 0 aliphatic heterocycles. The Hall–Kier alpha value is -5.93. The zero-order valence-corrected chi connectivity index (χ0v) is 30.0. The van der Waals surface area contributed by atoms with Crippen LogP contribution >= 0.6 is 0 Å². The Balaban J connectivity index is 1.09. The molecule has 0 radical (unpaired) electrons. The van der Waals surface area contributed by atoms with Crippen molar-refractivity contribution in [3.8, 4) is 39.3 Å². The Labute approximate surface area is 313 Å². The molecule has 0 atom stereocenters. The van der Waals surface area contributed by atoms with E-state index in [1.165, 1.54) is 81.5 Å². The Morgan fingerprint density at radius 3 is 2.15 bits per heavy atom. The number of hydrogen-bond donors (Lipinski definition) is 0. The smallest absolute Gasteiger partial charge is 0.145 e. The fourth-order valence-corrected chi connectivity index (χ4v) is 12.4. The number of fused-ring (bicyclic) bond motifs is 10. The SMILES string of the molecule is c1ccc(-c2nc3cccc(-c4ccc5c(c4)-c4ccc6c(oc7ccc8ccccc8c76)c4C54C5CC6CC(C5)CC4C6)c3n2-c2ccccc2)cc1. The minimum absolute atomic E-state index is 0.0158. The maximum atomic E-state index is 7.14. The fraction of sp³-hybridized carbons (Fsp3) is 0.196. The fourth-order valence-electron chi connectivity index (χ4n) is 12.4. The average molecular weight is 695 g/mol. The number of nitrogens with zero attached hydrogens (tertiary/aromatic N) is 2. The van der Waals surface area contributed by atoms with Crippen LogP contribution in [0, 0.1) is 23.7 Å². The molecule has 2 aromatic heterocycles. The molecule has 4 saturated carbocycles. The van der Waals surface area contributed by atoms with Crippen molar-refractivity contribution in [2.75, 3.05) is 0 Å². The van der Waals surface area contributed by atoms with E-state index in [0.29, 0.717) is 11.8 Å². The van der Waals surface area contributed by atoms with Gasteiger partial charge in [0.15, 0.2) is 0 Å². The summed E-state index contributed by atoms with van der Waals surface area (Å²) in [5.74, 6) is 4.00. The van der Waals surface area contributed by atoms with Gasteiger partial charge in [0.2, 0.25) is 0 Å². The largest absolute Gasteiger partial charge is 0.456 e. The predicted octanol–water partition coefficient (Wildman–Crippen LogP) is 13.1. The van der Waals surface area contributed by atoms with Crippen molar-refractivity contribution in [3.05, 3.63) is 157 Å². The molecule has 0 saturated heterocycles. The van der Waals surface area contributed by atoms with E-state index in [2.05, 4.69) is 150 Å². The summed E-state index contributed by atoms with van der Waals surface area (Å²) in [6, 6.07) is 53.5. The standard InChI is InChI=1S/C51H38N2O/c1-3-11-33(12-4-1)50-52-44-17-9-16-39(48(44)53(50)37-13-5-2-6-14-37)34-18-22-43-42(29-34)40-20-21-41-46-38-15-8-7-10-32(38)19-23-45(46)54-49(41)47(40)51(43)35-25-30-24-31(27-35)28-36(51)26-30/h1-23,29-31,35-36H,24-28H2. The average Bonchev–Trinajstić information content (AvgIpc) is 3.89. The second kappa shape index (κ2) is 10.6. The van der Waals surface area contributed by atoms with Gasteiger partial charge >= 0.3 is 0 Å². The molecular formula is C51H38N2O. The third-order valence-electron chi connectivity index (χ3n) is 14.2. The first-order valence-electron chi connectivity index (χ1n) is 19.9. The zero-order chi connectivity index (χ0) is 35.1. The summed E-state index contributed by atoms with van der Waals surface area (Å²) in [6.45, 7) is 0. The first-order chi connectivity index (χ1) is 26.7. The summed E-state index contributed by atoms with van der Waals surface area (Å²) < 4.78 is 9.50. The number of hydrogen-bond acceptors (Lipinski definition) is 2. The van der Waals surface area contributed by atoms with Gasteiger partial charge in [-0.1, -0.05) is 109 Å². The first kappa shape index (κ1) is 29.5. The molecule has 1 spiro atoms. The Kier molecular flexibility index (Phi) is 5.80. The highest BCUT2D eigenvalue weighted by Gasteiger charge is 2.62. The van der Waals surface area contributed by atoms with Crippen LogP contribution in [0.5, 0.6) is 0 Å². The first-order valence-corrected chi connectivity index (χ1v) is 19.9. The number of aromatic nitrogens is 2. The molecule has 14 rings (SSSR count). The van der Waals surface area contributed by atoms with Crippen LogP contribution in [0.1, 0.15) is 43.2 Å². The van der Waals surface area contributed by atoms with Crippen molar-refractivity contribution in [2.45, 2.75) is 37.5 Å². The van der Waals surface area contributed by atoms with E-state index in [4.69, 9.17) is 9.40 Å². The molecule has 0 unspecified atom stereocenters. The van der Waals surface area contributed by atoms with Crippen LogP contribution in [0.15, 0.2) is 150 Å². The van der Waals surface area contributed by atoms with Crippen molar-refractivity contribution in [1.29, 1.82) is 0 Å². The van der Waals surface area contributed by atoms with Gasteiger partial charge in [0.1, 0.15) is 17.0 Å². The predicted molar refractivity (Wildman–Crippen MR) is 220 cm³/mol. The lowest BCUT2D eigenvalue weighted by molar-refractivity contribution is -0.0396. The second-order valence-corrected chi connectivity index (χ2v) is 16.7. The molecule has 4 bridgehead atoms. The highest BCUT2D eigenvalue weighted by Crippen LogP contribution is 2.70. The highest BCUT2D eigenvalue weighted by molar-refractivity contribution is 6.20. The minimum atomic E-state index is -0.0158. The molecule has 4 fully saturated rings. The third kappa shape index (κ3) is 3.75. The van der Waals surface area contributed by atoms with Gasteiger partial charge in [-0.3, -0.25) is 4.57 Å². The molecule has 9 aromatic rings. The van der Waals surface area contributed by atoms with E-state index in [9.17, 15) is 0 Å². The maximum Gasteiger partial charge on any atom is 0.145 e. The molecule has 5 aliphatic carbocycles. The third-order valence-corrected chi connectivity index (χ3v) is 14.2. The summed E-state index contributed by atoms with van der Waals surface area (Å²) in [4.78, 5) is 5.30. The van der Waals surface area contributed by atoms with Gasteiger partial charge in [0.05, 0.1) is 11.0 Å². The Morgan fingerprint density at radius 2 is 1.33 bits per heavy atom. The van der Waals surface area contributed by atoms with Crippen molar-refractivity contribution < 1.29 is 4.42 Å². The van der Waals surface area contributed by atoms with Gasteiger partial charge in [-0.25, -0.2) is 4.98 Å². The van der Waals surface area contributed by atoms with E-state index in [-0.39, 0.29) is 5.41 Å². The number of imidazole rings is 1. The van der Waals surface area contributed by atoms with Crippen LogP contribution in [-0.4, -0.2) is 9.55 Å². The van der Waals surface area contributed by atoms with Gasteiger partial charge < -0.3 is 4.42 Å². The van der Waals surface area contributed by atoms with E-state index >= 15 is 0 Å². The summed E-state index contributed by atoms with van der Waals surface area (Å²) in [7, 11) is 0. The van der Waals surface area contributed by atoms with Crippen molar-refractivity contribution in [2.24, 2.45) is 23.7 Å². The minimum Gasteiger partial charge on any atom is -0.456 e. The topological polar surface area (TPSA) is 31.0 Å². The summed E-state index contributed by atoms with van der Waals surface area (Å²) in [5.41, 5.74) is 14.7. The van der Waals surface area contributed by atoms with Gasteiger partial charge in [0.25, 0.3) is 0 Å². The maximum absolute atomic E-state index is 7.14. The molecular weight excluding hydrogens is 657 g/mol. The van der Waals surface area contributed by atoms with Crippen molar-refractivity contribution >= 4 is 43.7 Å². The summed E-state index contributed by atoms with van der Waals surface area (Å²) in [5, 5.41) is 5.08. The summed E-state index contributed by atoms with van der Waals surface area (Å²) >= 11 is 0. The molecule has 5 aliphatic rings. The second-order valence-electron chi connectivity index (χ2n) is 16.7. The quantitative estimate of drug-likeness (QED) is 0.184. The monoisotopic (exact) mass is 694 g/mol. The van der Waals surface area contributed by atoms with Crippen LogP contribution in [0.25, 0.3) is 83.1 Å². The molecule has 258 valence electrons. The highest BCUT2D eigenvalue weighted by atomic mass is 16.3. The molecule has 3 heteroatoms. The summed E-state index contributed by atoms with van der Waals surface area (Å²) in [6.07, 6.45) is 6.79. The van der Waals surface area contributed by atoms with Crippen LogP contribution in [0.2, 0.25) is 0 Å². The number of rotatable bonds is 3. The number of furan rings is 1. The Bertz CT molecular complexity index is 2980. The molecule has 7 aromatic carbocycles. The Morgan fingerprint density at radius 1 is 0.574 bits per heavy atom. The van der Waals surface area contributed by atoms with E-state index in [1.807, 2.05) is 0 Å². The lowest BCUT2D eigenvalue weighted by atomic mass is 9.43. The van der Waals surface area contributed by atoms with Crippen molar-refractivity contribution in [3.63, 3.8) is 0 Å². The lowest BCUT2D eigenvalue weighted by Crippen LogP contribution is -2.55. The molecule has 0 N–H and O–H groups in total. The van der Waals surface area contributed by atoms with Crippen molar-refractivity contribution in [1.82, 2.24) is 9.55 Å². The van der Waals surface area contributed by atoms with Gasteiger partial charge in [-0.05, 0) is 125 Å². The number of benzene rings is 7. The van der Waals surface area contributed by atoms with Crippen LogP contribution in [0.4, 0.5) is 0 Å². The van der Waals surface area contributed by atoms with E-state index in [0.717, 1.165) is 51.1 Å². The molecule has 3 nitrogen and oxygen atoms in total. The lowest BCUT2D eigenvalue weighted by Gasteiger charge is -2.61. The molecule has 54 heavy (non-hydrogen) atoms. The van der Waals surface area contributed by atoms with Gasteiger partial charge in [-0.2, -0.15) is 0 Å². The molecule has 0 amide bonds. The van der Waals surface area contributed by atoms with Gasteiger partial charge in [0, 0.05) is 38.6 Å². The molecule has 2 heterocycles. The van der Waals surface area contributed by atoms with Crippen LogP contribution in [0.3, 0.4) is 0 Å².